The van der Waals surface area contributed by atoms with Crippen LogP contribution in [-0.4, -0.2) is 40.5 Å². The molecule has 0 radical (unpaired) electrons. The van der Waals surface area contributed by atoms with E-state index in [1.54, 1.807) is 28.4 Å². The Balaban J connectivity index is 1.48. The van der Waals surface area contributed by atoms with Gasteiger partial charge in [0.15, 0.2) is 0 Å². The Kier molecular flexibility index (Phi) is 8.26. The normalized spacial score (nSPS) is 15.8. The van der Waals surface area contributed by atoms with E-state index in [1.807, 2.05) is 48.5 Å². The molecule has 0 amide bonds. The molecule has 1 aliphatic carbocycles. The third kappa shape index (κ3) is 5.76. The van der Waals surface area contributed by atoms with E-state index in [9.17, 15) is 0 Å². The van der Waals surface area contributed by atoms with E-state index in [2.05, 4.69) is 82.6 Å². The molecular weight excluding hydrogens is 500 g/mol. The number of rotatable bonds is 10. The van der Waals surface area contributed by atoms with Crippen LogP contribution < -0.4 is 28.7 Å². The number of hydrogen-bond donors (Lipinski definition) is 0. The van der Waals surface area contributed by atoms with E-state index in [0.717, 1.165) is 45.7 Å². The third-order valence-electron chi connectivity index (χ3n) is 7.01. The largest absolute Gasteiger partial charge is 0.497 e. The summed E-state index contributed by atoms with van der Waals surface area (Å²) in [6.45, 7) is 0. The van der Waals surface area contributed by atoms with Crippen molar-refractivity contribution in [2.24, 2.45) is 0 Å². The lowest BCUT2D eigenvalue weighted by atomic mass is 10.0. The Labute approximate surface area is 236 Å². The van der Waals surface area contributed by atoms with Gasteiger partial charge in [-0.3, -0.25) is 0 Å². The highest BCUT2D eigenvalue weighted by molar-refractivity contribution is 5.70. The first-order valence-electron chi connectivity index (χ1n) is 13.1. The fraction of sp³-hybridized carbons (Fsp3) is 0.176. The standard InChI is InChI=1S/C34H34N2O4/c1-37-31-17-9-27(10-18-31)35(28-11-19-32(38-2)20-12-28)25-5-7-26(8-6-25)36(29-13-21-33(39-3)22-14-29)30-15-23-34(40-4)24-16-30/h5-26H,1-4H3. The van der Waals surface area contributed by atoms with E-state index >= 15 is 0 Å². The van der Waals surface area contributed by atoms with Crippen LogP contribution in [-0.2, 0) is 0 Å². The predicted octanol–water partition coefficient (Wildman–Crippen LogP) is 7.56. The molecule has 5 rings (SSSR count). The minimum Gasteiger partial charge on any atom is -0.497 e. The van der Waals surface area contributed by atoms with Crippen LogP contribution in [0.25, 0.3) is 0 Å². The zero-order valence-corrected chi connectivity index (χ0v) is 23.2. The second kappa shape index (κ2) is 12.3. The van der Waals surface area contributed by atoms with E-state index in [1.165, 1.54) is 0 Å². The molecule has 4 aromatic rings. The topological polar surface area (TPSA) is 43.4 Å². The first kappa shape index (κ1) is 26.8. The van der Waals surface area contributed by atoms with Crippen molar-refractivity contribution in [3.8, 4) is 23.0 Å². The second-order valence-electron chi connectivity index (χ2n) is 9.28. The smallest absolute Gasteiger partial charge is 0.119 e. The fourth-order valence-electron chi connectivity index (χ4n) is 4.89. The molecule has 0 aliphatic heterocycles. The van der Waals surface area contributed by atoms with Gasteiger partial charge >= 0.3 is 0 Å². The summed E-state index contributed by atoms with van der Waals surface area (Å²) in [5.41, 5.74) is 4.24. The third-order valence-corrected chi connectivity index (χ3v) is 7.01. The van der Waals surface area contributed by atoms with Gasteiger partial charge in [-0.25, -0.2) is 0 Å². The van der Waals surface area contributed by atoms with Crippen molar-refractivity contribution >= 4 is 22.7 Å². The number of nitrogens with zero attached hydrogens (tertiary/aromatic N) is 2. The van der Waals surface area contributed by atoms with Gasteiger partial charge in [-0.1, -0.05) is 24.3 Å². The minimum absolute atomic E-state index is 0.00613. The van der Waals surface area contributed by atoms with Crippen molar-refractivity contribution in [1.29, 1.82) is 0 Å². The fourth-order valence-corrected chi connectivity index (χ4v) is 4.89. The van der Waals surface area contributed by atoms with E-state index in [4.69, 9.17) is 18.9 Å². The molecule has 0 saturated carbocycles. The molecule has 0 atom stereocenters. The molecule has 0 saturated heterocycles. The highest BCUT2D eigenvalue weighted by atomic mass is 16.5. The van der Waals surface area contributed by atoms with Crippen LogP contribution >= 0.6 is 0 Å². The number of ether oxygens (including phenoxy) is 4. The second-order valence-corrected chi connectivity index (χ2v) is 9.28. The Morgan fingerprint density at radius 1 is 0.350 bits per heavy atom. The minimum atomic E-state index is 0.00613. The molecule has 0 heterocycles. The summed E-state index contributed by atoms with van der Waals surface area (Å²) in [5.74, 6) is 3.29. The molecule has 0 unspecified atom stereocenters. The molecule has 6 heteroatoms. The summed E-state index contributed by atoms with van der Waals surface area (Å²) >= 11 is 0. The summed E-state index contributed by atoms with van der Waals surface area (Å²) in [6.07, 6.45) is 9.00. The molecule has 0 N–H and O–H groups in total. The molecule has 6 nitrogen and oxygen atoms in total. The average molecular weight is 535 g/mol. The summed E-state index contributed by atoms with van der Waals surface area (Å²) < 4.78 is 21.6. The zero-order valence-electron chi connectivity index (χ0n) is 23.2. The summed E-state index contributed by atoms with van der Waals surface area (Å²) in [5, 5.41) is 0. The van der Waals surface area contributed by atoms with Gasteiger partial charge in [0.25, 0.3) is 0 Å². The van der Waals surface area contributed by atoms with Gasteiger partial charge in [-0.2, -0.15) is 0 Å². The lowest BCUT2D eigenvalue weighted by Gasteiger charge is -2.36. The highest BCUT2D eigenvalue weighted by Crippen LogP contribution is 2.36. The summed E-state index contributed by atoms with van der Waals surface area (Å²) in [4.78, 5) is 4.60. The van der Waals surface area contributed by atoms with Crippen LogP contribution in [0.1, 0.15) is 0 Å². The van der Waals surface area contributed by atoms with Gasteiger partial charge in [-0.15, -0.1) is 0 Å². The van der Waals surface area contributed by atoms with Crippen molar-refractivity contribution in [3.63, 3.8) is 0 Å². The number of anilines is 4. The molecule has 0 aromatic heterocycles. The monoisotopic (exact) mass is 534 g/mol. The quantitative estimate of drug-likeness (QED) is 0.196. The molecule has 40 heavy (non-hydrogen) atoms. The molecule has 204 valence electrons. The maximum atomic E-state index is 5.40. The Hall–Kier alpha value is -4.84. The molecule has 1 aliphatic rings. The molecule has 0 bridgehead atoms. The molecule has 4 aromatic carbocycles. The van der Waals surface area contributed by atoms with Crippen LogP contribution in [0.2, 0.25) is 0 Å². The summed E-state index contributed by atoms with van der Waals surface area (Å²) in [6, 6.07) is 32.6. The Bertz CT molecular complexity index is 1210. The average Bonchev–Trinajstić information content (AvgIpc) is 3.03. The Morgan fingerprint density at radius 2 is 0.550 bits per heavy atom. The van der Waals surface area contributed by atoms with Crippen LogP contribution in [0.4, 0.5) is 22.7 Å². The number of methoxy groups -OCH3 is 4. The predicted molar refractivity (Wildman–Crippen MR) is 162 cm³/mol. The van der Waals surface area contributed by atoms with Crippen LogP contribution in [0.3, 0.4) is 0 Å². The van der Waals surface area contributed by atoms with Gasteiger partial charge in [-0.05, 0) is 97.1 Å². The van der Waals surface area contributed by atoms with Gasteiger partial charge in [0.1, 0.15) is 23.0 Å². The Morgan fingerprint density at radius 3 is 0.725 bits per heavy atom. The van der Waals surface area contributed by atoms with Crippen LogP contribution in [0, 0.1) is 0 Å². The van der Waals surface area contributed by atoms with Gasteiger partial charge < -0.3 is 28.7 Å². The van der Waals surface area contributed by atoms with E-state index < -0.39 is 0 Å². The van der Waals surface area contributed by atoms with Crippen molar-refractivity contribution in [1.82, 2.24) is 0 Å². The van der Waals surface area contributed by atoms with Crippen molar-refractivity contribution in [3.05, 3.63) is 121 Å². The SMILES string of the molecule is COc1ccc(N(c2ccc(OC)cc2)C2C=CC(N(c3ccc(OC)cc3)c3ccc(OC)cc3)C=C2)cc1. The first-order chi connectivity index (χ1) is 19.6. The van der Waals surface area contributed by atoms with E-state index in [0.29, 0.717) is 0 Å². The lowest BCUT2D eigenvalue weighted by Crippen LogP contribution is -2.34. The maximum absolute atomic E-state index is 5.40. The molecule has 0 spiro atoms. The van der Waals surface area contributed by atoms with Crippen molar-refractivity contribution in [2.75, 3.05) is 38.2 Å². The summed E-state index contributed by atoms with van der Waals surface area (Å²) in [7, 11) is 6.72. The van der Waals surface area contributed by atoms with Gasteiger partial charge in [0, 0.05) is 22.7 Å². The van der Waals surface area contributed by atoms with Crippen LogP contribution in [0.5, 0.6) is 23.0 Å². The zero-order chi connectivity index (χ0) is 27.9. The van der Waals surface area contributed by atoms with Gasteiger partial charge in [0.2, 0.25) is 0 Å². The lowest BCUT2D eigenvalue weighted by molar-refractivity contribution is 0.414. The van der Waals surface area contributed by atoms with Crippen molar-refractivity contribution in [2.45, 2.75) is 12.1 Å². The van der Waals surface area contributed by atoms with E-state index in [-0.39, 0.29) is 12.1 Å². The van der Waals surface area contributed by atoms with Gasteiger partial charge in [0.05, 0.1) is 40.5 Å². The number of benzene rings is 4. The number of hydrogen-bond acceptors (Lipinski definition) is 6. The molecule has 0 fully saturated rings. The maximum Gasteiger partial charge on any atom is 0.119 e. The highest BCUT2D eigenvalue weighted by Gasteiger charge is 2.24. The molecular formula is C34H34N2O4. The first-order valence-corrected chi connectivity index (χ1v) is 13.1. The van der Waals surface area contributed by atoms with Crippen LogP contribution in [0.15, 0.2) is 121 Å². The van der Waals surface area contributed by atoms with Crippen molar-refractivity contribution < 1.29 is 18.9 Å².